The SMILES string of the molecule is CNC(=O)c1cnc(Nc2ccc(F)cn2)cc1Nc1cccc2c1OCc1cn(C)nc1-2. The summed E-state index contributed by atoms with van der Waals surface area (Å²) in [7, 11) is 3.42. The number of fused-ring (bicyclic) bond motifs is 3. The van der Waals surface area contributed by atoms with Gasteiger partial charge in [0.15, 0.2) is 5.75 Å². The minimum absolute atomic E-state index is 0.297. The number of hydrogen-bond acceptors (Lipinski definition) is 7. The number of ether oxygens (including phenoxy) is 1. The summed E-state index contributed by atoms with van der Waals surface area (Å²) in [6.07, 6.45) is 4.51. The number of pyridine rings is 2. The molecule has 0 bridgehead atoms. The van der Waals surface area contributed by atoms with Crippen LogP contribution in [0.15, 0.2) is 55.0 Å². The van der Waals surface area contributed by atoms with Gasteiger partial charge < -0.3 is 20.7 Å². The molecule has 1 aliphatic rings. The van der Waals surface area contributed by atoms with Crippen molar-refractivity contribution in [3.8, 4) is 17.0 Å². The van der Waals surface area contributed by atoms with Gasteiger partial charge >= 0.3 is 0 Å². The zero-order chi connectivity index (χ0) is 22.9. The topological polar surface area (TPSA) is 106 Å². The summed E-state index contributed by atoms with van der Waals surface area (Å²) in [5.74, 6) is 0.774. The number of aromatic nitrogens is 4. The maximum Gasteiger partial charge on any atom is 0.254 e. The lowest BCUT2D eigenvalue weighted by molar-refractivity contribution is 0.0963. The van der Waals surface area contributed by atoms with Gasteiger partial charge in [-0.2, -0.15) is 5.10 Å². The number of nitrogens with zero attached hydrogens (tertiary/aromatic N) is 4. The van der Waals surface area contributed by atoms with E-state index in [1.165, 1.54) is 18.3 Å². The number of anilines is 4. The third-order valence-corrected chi connectivity index (χ3v) is 5.18. The van der Waals surface area contributed by atoms with E-state index in [0.717, 1.165) is 23.0 Å². The van der Waals surface area contributed by atoms with Crippen LogP contribution in [-0.2, 0) is 13.7 Å². The van der Waals surface area contributed by atoms with Crippen molar-refractivity contribution < 1.29 is 13.9 Å². The summed E-state index contributed by atoms with van der Waals surface area (Å²) in [6, 6.07) is 10.2. The molecule has 3 N–H and O–H groups in total. The van der Waals surface area contributed by atoms with Gasteiger partial charge in [0.05, 0.1) is 23.1 Å². The molecule has 5 rings (SSSR count). The van der Waals surface area contributed by atoms with Crippen molar-refractivity contribution in [1.29, 1.82) is 0 Å². The molecule has 166 valence electrons. The van der Waals surface area contributed by atoms with Crippen molar-refractivity contribution in [1.82, 2.24) is 25.1 Å². The van der Waals surface area contributed by atoms with Crippen molar-refractivity contribution in [3.63, 3.8) is 0 Å². The van der Waals surface area contributed by atoms with Gasteiger partial charge in [0.2, 0.25) is 0 Å². The Hall–Kier alpha value is -4.47. The Labute approximate surface area is 188 Å². The molecule has 4 aromatic rings. The molecule has 0 unspecified atom stereocenters. The molecule has 0 aliphatic carbocycles. The van der Waals surface area contributed by atoms with Crippen LogP contribution < -0.4 is 20.7 Å². The second-order valence-corrected chi connectivity index (χ2v) is 7.45. The monoisotopic (exact) mass is 445 g/mol. The number of rotatable bonds is 5. The first-order valence-corrected chi connectivity index (χ1v) is 10.2. The molecule has 1 amide bonds. The molecule has 4 heterocycles. The highest BCUT2D eigenvalue weighted by Crippen LogP contribution is 2.42. The lowest BCUT2D eigenvalue weighted by Crippen LogP contribution is -2.20. The van der Waals surface area contributed by atoms with Gasteiger partial charge in [0.25, 0.3) is 5.91 Å². The molecule has 0 saturated carbocycles. The van der Waals surface area contributed by atoms with Crippen LogP contribution in [0.3, 0.4) is 0 Å². The van der Waals surface area contributed by atoms with Crippen LogP contribution in [0.4, 0.5) is 27.4 Å². The van der Waals surface area contributed by atoms with Gasteiger partial charge in [-0.3, -0.25) is 9.48 Å². The van der Waals surface area contributed by atoms with E-state index < -0.39 is 5.82 Å². The number of aryl methyl sites for hydroxylation is 1. The average molecular weight is 445 g/mol. The van der Waals surface area contributed by atoms with Crippen LogP contribution in [0, 0.1) is 5.82 Å². The average Bonchev–Trinajstić information content (AvgIpc) is 3.21. The summed E-state index contributed by atoms with van der Waals surface area (Å²) in [5, 5.41) is 13.5. The second kappa shape index (κ2) is 8.23. The molecule has 1 aromatic carbocycles. The summed E-state index contributed by atoms with van der Waals surface area (Å²) < 4.78 is 21.0. The van der Waals surface area contributed by atoms with Gasteiger partial charge in [0, 0.05) is 43.7 Å². The van der Waals surface area contributed by atoms with E-state index in [4.69, 9.17) is 4.74 Å². The predicted octanol–water partition coefficient (Wildman–Crippen LogP) is 3.76. The Morgan fingerprint density at radius 1 is 1.09 bits per heavy atom. The number of halogens is 1. The van der Waals surface area contributed by atoms with Crippen molar-refractivity contribution in [2.45, 2.75) is 6.61 Å². The third-order valence-electron chi connectivity index (χ3n) is 5.18. The first-order valence-electron chi connectivity index (χ1n) is 10.2. The first kappa shape index (κ1) is 20.4. The molecule has 10 heteroatoms. The standard InChI is InChI=1S/C23H20FN7O2/c1-25-23(32)16-10-27-20(29-19-7-6-14(24)9-26-19)8-18(16)28-17-5-3-4-15-21-13(11-31(2)30-21)12-33-22(15)17/h3-11H,12H2,1-2H3,(H,25,32)(H2,26,27,28,29). The van der Waals surface area contributed by atoms with Crippen LogP contribution in [0.5, 0.6) is 5.75 Å². The number of carbonyl (C=O) groups is 1. The summed E-state index contributed by atoms with van der Waals surface area (Å²) in [4.78, 5) is 20.8. The van der Waals surface area contributed by atoms with Crippen molar-refractivity contribution >= 4 is 28.9 Å². The van der Waals surface area contributed by atoms with Crippen molar-refractivity contribution in [2.75, 3.05) is 17.7 Å². The highest BCUT2D eigenvalue weighted by molar-refractivity contribution is 6.00. The van der Waals surface area contributed by atoms with E-state index >= 15 is 0 Å². The lowest BCUT2D eigenvalue weighted by Gasteiger charge is -2.21. The van der Waals surface area contributed by atoms with Gasteiger partial charge in [-0.25, -0.2) is 14.4 Å². The van der Waals surface area contributed by atoms with E-state index in [-0.39, 0.29) is 5.91 Å². The summed E-state index contributed by atoms with van der Waals surface area (Å²) >= 11 is 0. The first-order chi connectivity index (χ1) is 16.0. The van der Waals surface area contributed by atoms with Crippen LogP contribution in [0.25, 0.3) is 11.3 Å². The molecule has 1 aliphatic heterocycles. The second-order valence-electron chi connectivity index (χ2n) is 7.45. The maximum absolute atomic E-state index is 13.2. The van der Waals surface area contributed by atoms with Crippen LogP contribution in [0.2, 0.25) is 0 Å². The lowest BCUT2D eigenvalue weighted by atomic mass is 10.0. The predicted molar refractivity (Wildman–Crippen MR) is 121 cm³/mol. The number of amides is 1. The van der Waals surface area contributed by atoms with E-state index in [1.54, 1.807) is 17.8 Å². The van der Waals surface area contributed by atoms with Gasteiger partial charge in [-0.1, -0.05) is 6.07 Å². The fraction of sp³-hybridized carbons (Fsp3) is 0.130. The number of hydrogen-bond donors (Lipinski definition) is 3. The number of para-hydroxylation sites is 1. The highest BCUT2D eigenvalue weighted by atomic mass is 19.1. The smallest absolute Gasteiger partial charge is 0.254 e. The third kappa shape index (κ3) is 3.93. The quantitative estimate of drug-likeness (QED) is 0.430. The van der Waals surface area contributed by atoms with Gasteiger partial charge in [-0.05, 0) is 24.3 Å². The van der Waals surface area contributed by atoms with E-state index in [0.29, 0.717) is 40.9 Å². The molecule has 3 aromatic heterocycles. The minimum atomic E-state index is -0.434. The molecular weight excluding hydrogens is 425 g/mol. The number of benzene rings is 1. The Balaban J connectivity index is 1.52. The molecule has 0 spiro atoms. The molecule has 0 fully saturated rings. The molecule has 0 radical (unpaired) electrons. The van der Waals surface area contributed by atoms with Gasteiger partial charge in [-0.15, -0.1) is 0 Å². The van der Waals surface area contributed by atoms with Crippen molar-refractivity contribution in [3.05, 3.63) is 71.9 Å². The maximum atomic E-state index is 13.2. The molecule has 33 heavy (non-hydrogen) atoms. The van der Waals surface area contributed by atoms with E-state index in [9.17, 15) is 9.18 Å². The van der Waals surface area contributed by atoms with E-state index in [2.05, 4.69) is 31.0 Å². The summed E-state index contributed by atoms with van der Waals surface area (Å²) in [5.41, 5.74) is 4.29. The molecule has 9 nitrogen and oxygen atoms in total. The minimum Gasteiger partial charge on any atom is -0.486 e. The highest BCUT2D eigenvalue weighted by Gasteiger charge is 2.24. The number of nitrogens with one attached hydrogen (secondary N) is 3. The van der Waals surface area contributed by atoms with Crippen molar-refractivity contribution in [2.24, 2.45) is 7.05 Å². The van der Waals surface area contributed by atoms with Crippen LogP contribution in [0.1, 0.15) is 15.9 Å². The zero-order valence-corrected chi connectivity index (χ0v) is 17.9. The van der Waals surface area contributed by atoms with Crippen LogP contribution >= 0.6 is 0 Å². The molecular formula is C23H20FN7O2. The Morgan fingerprint density at radius 2 is 1.94 bits per heavy atom. The Kier molecular flexibility index (Phi) is 5.09. The normalized spacial score (nSPS) is 11.7. The zero-order valence-electron chi connectivity index (χ0n) is 17.9. The fourth-order valence-electron chi connectivity index (χ4n) is 3.67. The molecule has 0 atom stereocenters. The Morgan fingerprint density at radius 3 is 2.73 bits per heavy atom. The molecule has 0 saturated heterocycles. The largest absolute Gasteiger partial charge is 0.486 e. The number of carbonyl (C=O) groups excluding carboxylic acids is 1. The fourth-order valence-corrected chi connectivity index (χ4v) is 3.67. The Bertz CT molecular complexity index is 1350. The summed E-state index contributed by atoms with van der Waals surface area (Å²) in [6.45, 7) is 0.399. The van der Waals surface area contributed by atoms with E-state index in [1.807, 2.05) is 31.4 Å². The van der Waals surface area contributed by atoms with Crippen LogP contribution in [-0.4, -0.2) is 32.7 Å². The van der Waals surface area contributed by atoms with Gasteiger partial charge in [0.1, 0.15) is 29.8 Å².